The fourth-order valence-corrected chi connectivity index (χ4v) is 2.66. The molecule has 2 aromatic rings. The summed E-state index contributed by atoms with van der Waals surface area (Å²) < 4.78 is 0. The Kier molecular flexibility index (Phi) is 7.44. The van der Waals surface area contributed by atoms with Gasteiger partial charge in [-0.2, -0.15) is 0 Å². The van der Waals surface area contributed by atoms with E-state index >= 15 is 0 Å². The number of nitrogens with one attached hydrogen (secondary N) is 3. The van der Waals surface area contributed by atoms with Crippen molar-refractivity contribution in [2.45, 2.75) is 19.4 Å². The topological polar surface area (TPSA) is 70.2 Å². The number of hydrogen-bond donors (Lipinski definition) is 3. The maximum Gasteiger partial charge on any atom is 0.321 e. The van der Waals surface area contributed by atoms with Gasteiger partial charge < -0.3 is 10.6 Å². The van der Waals surface area contributed by atoms with E-state index in [1.54, 1.807) is 6.92 Å². The van der Waals surface area contributed by atoms with E-state index in [0.717, 1.165) is 17.5 Å². The van der Waals surface area contributed by atoms with Crippen molar-refractivity contribution in [3.05, 3.63) is 70.7 Å². The predicted molar refractivity (Wildman–Crippen MR) is 99.6 cm³/mol. The van der Waals surface area contributed by atoms with Crippen LogP contribution in [-0.4, -0.2) is 25.0 Å². The van der Waals surface area contributed by atoms with Crippen LogP contribution in [0.3, 0.4) is 0 Å². The Balaban J connectivity index is 2.02. The van der Waals surface area contributed by atoms with E-state index in [-0.39, 0.29) is 5.91 Å². The third kappa shape index (κ3) is 6.21. The van der Waals surface area contributed by atoms with Gasteiger partial charge in [-0.3, -0.25) is 10.1 Å². The average molecular weight is 360 g/mol. The van der Waals surface area contributed by atoms with Crippen LogP contribution in [0.25, 0.3) is 0 Å². The van der Waals surface area contributed by atoms with Crippen molar-refractivity contribution in [1.29, 1.82) is 0 Å². The van der Waals surface area contributed by atoms with Gasteiger partial charge in [-0.1, -0.05) is 54.1 Å². The number of halogens is 1. The molecule has 3 N–H and O–H groups in total. The molecular formula is C19H22ClN3O2. The van der Waals surface area contributed by atoms with Gasteiger partial charge in [-0.15, -0.1) is 0 Å². The molecule has 0 saturated carbocycles. The Bertz CT molecular complexity index is 707. The molecule has 0 aliphatic heterocycles. The first-order valence-corrected chi connectivity index (χ1v) is 8.59. The molecule has 0 unspecified atom stereocenters. The lowest BCUT2D eigenvalue weighted by molar-refractivity contribution is -0.122. The summed E-state index contributed by atoms with van der Waals surface area (Å²) in [4.78, 5) is 24.1. The van der Waals surface area contributed by atoms with E-state index in [1.807, 2.05) is 54.6 Å². The van der Waals surface area contributed by atoms with Crippen molar-refractivity contribution in [3.63, 3.8) is 0 Å². The van der Waals surface area contributed by atoms with Crippen LogP contribution in [0, 0.1) is 0 Å². The summed E-state index contributed by atoms with van der Waals surface area (Å²) in [6.07, 6.45) is 0.721. The minimum Gasteiger partial charge on any atom is -0.338 e. The Morgan fingerprint density at radius 3 is 2.52 bits per heavy atom. The van der Waals surface area contributed by atoms with E-state index in [1.165, 1.54) is 0 Å². The quantitative estimate of drug-likeness (QED) is 0.711. The number of carbonyl (C=O) groups is 2. The largest absolute Gasteiger partial charge is 0.338 e. The van der Waals surface area contributed by atoms with E-state index in [4.69, 9.17) is 11.6 Å². The summed E-state index contributed by atoms with van der Waals surface area (Å²) in [6, 6.07) is 15.8. The Hall–Kier alpha value is -2.37. The zero-order valence-electron chi connectivity index (χ0n) is 14.1. The third-order valence-corrected chi connectivity index (χ3v) is 3.86. The van der Waals surface area contributed by atoms with Crippen LogP contribution in [0.5, 0.6) is 0 Å². The van der Waals surface area contributed by atoms with Crippen LogP contribution in [0.1, 0.15) is 24.1 Å². The normalized spacial score (nSPS) is 11.6. The van der Waals surface area contributed by atoms with Gasteiger partial charge in [0.15, 0.2) is 0 Å². The lowest BCUT2D eigenvalue weighted by Gasteiger charge is -2.18. The maximum atomic E-state index is 12.5. The SMILES string of the molecule is CCNC(=O)NC(=O)[C@@H](NCCc1cccc(Cl)c1)c1ccccc1. The van der Waals surface area contributed by atoms with Crippen molar-refractivity contribution in [1.82, 2.24) is 16.0 Å². The second kappa shape index (κ2) is 9.81. The zero-order chi connectivity index (χ0) is 18.1. The van der Waals surface area contributed by atoms with Crippen LogP contribution < -0.4 is 16.0 Å². The number of carbonyl (C=O) groups excluding carboxylic acids is 2. The molecule has 0 bridgehead atoms. The number of hydrogen-bond acceptors (Lipinski definition) is 3. The zero-order valence-corrected chi connectivity index (χ0v) is 14.8. The van der Waals surface area contributed by atoms with Crippen molar-refractivity contribution in [2.24, 2.45) is 0 Å². The van der Waals surface area contributed by atoms with Gasteiger partial charge >= 0.3 is 6.03 Å². The molecule has 0 spiro atoms. The van der Waals surface area contributed by atoms with Gasteiger partial charge in [-0.25, -0.2) is 4.79 Å². The fraction of sp³-hybridized carbons (Fsp3) is 0.263. The fourth-order valence-electron chi connectivity index (χ4n) is 2.45. The second-order valence-corrected chi connectivity index (χ2v) is 5.96. The van der Waals surface area contributed by atoms with Gasteiger partial charge in [0.05, 0.1) is 0 Å². The molecule has 0 radical (unpaired) electrons. The van der Waals surface area contributed by atoms with Crippen LogP contribution >= 0.6 is 11.6 Å². The van der Waals surface area contributed by atoms with Crippen LogP contribution in [0.15, 0.2) is 54.6 Å². The maximum absolute atomic E-state index is 12.5. The molecule has 0 aromatic heterocycles. The lowest BCUT2D eigenvalue weighted by atomic mass is 10.1. The van der Waals surface area contributed by atoms with Crippen LogP contribution in [0.4, 0.5) is 4.79 Å². The monoisotopic (exact) mass is 359 g/mol. The smallest absolute Gasteiger partial charge is 0.321 e. The highest BCUT2D eigenvalue weighted by molar-refractivity contribution is 6.30. The Labute approximate surface area is 152 Å². The molecule has 5 nitrogen and oxygen atoms in total. The molecule has 2 aromatic carbocycles. The molecule has 25 heavy (non-hydrogen) atoms. The summed E-state index contributed by atoms with van der Waals surface area (Å²) in [7, 11) is 0. The summed E-state index contributed by atoms with van der Waals surface area (Å²) in [5.41, 5.74) is 1.88. The number of benzene rings is 2. The van der Waals surface area contributed by atoms with Gasteiger partial charge in [-0.05, 0) is 36.6 Å². The van der Waals surface area contributed by atoms with Gasteiger partial charge in [0.2, 0.25) is 5.91 Å². The highest BCUT2D eigenvalue weighted by Gasteiger charge is 2.21. The second-order valence-electron chi connectivity index (χ2n) is 5.53. The molecular weight excluding hydrogens is 338 g/mol. The van der Waals surface area contributed by atoms with Crippen LogP contribution in [0.2, 0.25) is 5.02 Å². The molecule has 3 amide bonds. The summed E-state index contributed by atoms with van der Waals surface area (Å²) >= 11 is 5.99. The molecule has 0 fully saturated rings. The molecule has 2 rings (SSSR count). The molecule has 1 atom stereocenters. The standard InChI is InChI=1S/C19H22ClN3O2/c1-2-21-19(25)23-18(24)17(15-8-4-3-5-9-15)22-12-11-14-7-6-10-16(20)13-14/h3-10,13,17,22H,2,11-12H2,1H3,(H2,21,23,24,25)/t17-/m0/s1. The number of urea groups is 1. The molecule has 0 aliphatic carbocycles. The summed E-state index contributed by atoms with van der Waals surface area (Å²) in [5.74, 6) is -0.386. The first-order valence-electron chi connectivity index (χ1n) is 8.21. The number of imide groups is 1. The minimum atomic E-state index is -0.608. The molecule has 132 valence electrons. The molecule has 0 aliphatic rings. The van der Waals surface area contributed by atoms with E-state index in [2.05, 4.69) is 16.0 Å². The van der Waals surface area contributed by atoms with Crippen molar-refractivity contribution in [2.75, 3.05) is 13.1 Å². The highest BCUT2D eigenvalue weighted by atomic mass is 35.5. The number of rotatable bonds is 7. The van der Waals surface area contributed by atoms with Crippen molar-refractivity contribution in [3.8, 4) is 0 Å². The van der Waals surface area contributed by atoms with E-state index < -0.39 is 12.1 Å². The van der Waals surface area contributed by atoms with Crippen LogP contribution in [-0.2, 0) is 11.2 Å². The van der Waals surface area contributed by atoms with E-state index in [9.17, 15) is 9.59 Å². The average Bonchev–Trinajstić information content (AvgIpc) is 2.59. The summed E-state index contributed by atoms with van der Waals surface area (Å²) in [5, 5.41) is 8.82. The summed E-state index contributed by atoms with van der Waals surface area (Å²) in [6.45, 7) is 2.82. The van der Waals surface area contributed by atoms with E-state index in [0.29, 0.717) is 18.1 Å². The first kappa shape index (κ1) is 19.0. The van der Waals surface area contributed by atoms with Crippen molar-refractivity contribution < 1.29 is 9.59 Å². The van der Waals surface area contributed by atoms with Crippen molar-refractivity contribution >= 4 is 23.5 Å². The Morgan fingerprint density at radius 1 is 1.08 bits per heavy atom. The molecule has 0 saturated heterocycles. The highest BCUT2D eigenvalue weighted by Crippen LogP contribution is 2.14. The Morgan fingerprint density at radius 2 is 1.84 bits per heavy atom. The van der Waals surface area contributed by atoms with Gasteiger partial charge in [0.1, 0.15) is 6.04 Å². The molecule has 0 heterocycles. The lowest BCUT2D eigenvalue weighted by Crippen LogP contribution is -2.45. The first-order chi connectivity index (χ1) is 12.1. The molecule has 6 heteroatoms. The predicted octanol–water partition coefficient (Wildman–Crippen LogP) is 3.06. The van der Waals surface area contributed by atoms with Gasteiger partial charge in [0.25, 0.3) is 0 Å². The van der Waals surface area contributed by atoms with Gasteiger partial charge in [0, 0.05) is 18.1 Å². The minimum absolute atomic E-state index is 0.386. The third-order valence-electron chi connectivity index (χ3n) is 3.62. The number of amides is 3.